The van der Waals surface area contributed by atoms with Crippen LogP contribution < -0.4 is 16.2 Å². The van der Waals surface area contributed by atoms with E-state index in [2.05, 4.69) is 5.10 Å². The number of carbonyl (C=O) groups is 1. The molecule has 0 saturated carbocycles. The highest BCUT2D eigenvalue weighted by molar-refractivity contribution is 6.31. The van der Waals surface area contributed by atoms with E-state index in [-0.39, 0.29) is 6.54 Å². The Balaban J connectivity index is 2.64. The van der Waals surface area contributed by atoms with E-state index in [0.29, 0.717) is 39.9 Å². The van der Waals surface area contributed by atoms with Gasteiger partial charge in [-0.2, -0.15) is 5.10 Å². The third kappa shape index (κ3) is 3.01. The zero-order chi connectivity index (χ0) is 15.6. The van der Waals surface area contributed by atoms with Gasteiger partial charge in [-0.1, -0.05) is 11.6 Å². The largest absolute Gasteiger partial charge is 0.494 e. The molecule has 1 aromatic carbocycles. The van der Waals surface area contributed by atoms with Gasteiger partial charge in [0, 0.05) is 24.2 Å². The Kier molecular flexibility index (Phi) is 4.50. The van der Waals surface area contributed by atoms with E-state index >= 15 is 0 Å². The highest BCUT2D eigenvalue weighted by atomic mass is 35.5. The van der Waals surface area contributed by atoms with Crippen LogP contribution in [0.15, 0.2) is 18.2 Å². The van der Waals surface area contributed by atoms with Gasteiger partial charge in [0.15, 0.2) is 0 Å². The quantitative estimate of drug-likeness (QED) is 0.878. The third-order valence-electron chi connectivity index (χ3n) is 3.06. The lowest BCUT2D eigenvalue weighted by molar-refractivity contribution is 0.1000. The molecule has 1 aromatic heterocycles. The van der Waals surface area contributed by atoms with Gasteiger partial charge >= 0.3 is 0 Å². The molecule has 0 unspecified atom stereocenters. The van der Waals surface area contributed by atoms with Gasteiger partial charge in [-0.3, -0.25) is 9.48 Å². The highest BCUT2D eigenvalue weighted by Crippen LogP contribution is 2.31. The van der Waals surface area contributed by atoms with Gasteiger partial charge in [0.05, 0.1) is 17.9 Å². The molecule has 0 bridgehead atoms. The summed E-state index contributed by atoms with van der Waals surface area (Å²) in [5, 5.41) is 4.83. The Morgan fingerprint density at radius 3 is 2.71 bits per heavy atom. The molecule has 0 spiro atoms. The van der Waals surface area contributed by atoms with Crippen LogP contribution in [-0.4, -0.2) is 22.3 Å². The zero-order valence-electron chi connectivity index (χ0n) is 11.9. The Labute approximate surface area is 127 Å². The standard InChI is InChI=1S/C14H17ClN4O2/c1-3-21-10-5-8(4-9(15)6-10)13-12(14(17)20)11(7-16)19(2)18-13/h4-6H,3,7,16H2,1-2H3,(H2,17,20). The van der Waals surface area contributed by atoms with Crippen molar-refractivity contribution in [3.8, 4) is 17.0 Å². The minimum Gasteiger partial charge on any atom is -0.494 e. The summed E-state index contributed by atoms with van der Waals surface area (Å²) in [6, 6.07) is 5.18. The van der Waals surface area contributed by atoms with Crippen LogP contribution in [0.25, 0.3) is 11.3 Å². The second-order valence-electron chi connectivity index (χ2n) is 4.47. The number of amides is 1. The Morgan fingerprint density at radius 2 is 2.14 bits per heavy atom. The van der Waals surface area contributed by atoms with E-state index in [1.54, 1.807) is 29.9 Å². The van der Waals surface area contributed by atoms with E-state index in [4.69, 9.17) is 27.8 Å². The number of carbonyl (C=O) groups excluding carboxylic acids is 1. The van der Waals surface area contributed by atoms with Gasteiger partial charge in [-0.25, -0.2) is 0 Å². The normalized spacial score (nSPS) is 10.7. The van der Waals surface area contributed by atoms with Gasteiger partial charge in [0.2, 0.25) is 0 Å². The number of rotatable bonds is 5. The number of ether oxygens (including phenoxy) is 1. The van der Waals surface area contributed by atoms with Crippen LogP contribution in [0.2, 0.25) is 5.02 Å². The molecule has 6 nitrogen and oxygen atoms in total. The first-order valence-corrected chi connectivity index (χ1v) is 6.85. The molecule has 112 valence electrons. The van der Waals surface area contributed by atoms with Gasteiger partial charge in [-0.15, -0.1) is 0 Å². The molecule has 21 heavy (non-hydrogen) atoms. The molecule has 0 fully saturated rings. The second kappa shape index (κ2) is 6.15. The topological polar surface area (TPSA) is 96.2 Å². The fourth-order valence-electron chi connectivity index (χ4n) is 2.20. The minimum absolute atomic E-state index is 0.167. The number of halogens is 1. The fourth-order valence-corrected chi connectivity index (χ4v) is 2.43. The van der Waals surface area contributed by atoms with Crippen molar-refractivity contribution in [3.05, 3.63) is 34.5 Å². The lowest BCUT2D eigenvalue weighted by Gasteiger charge is -2.07. The number of primary amides is 1. The van der Waals surface area contributed by atoms with E-state index < -0.39 is 5.91 Å². The maximum atomic E-state index is 11.7. The summed E-state index contributed by atoms with van der Waals surface area (Å²) in [5.41, 5.74) is 13.1. The summed E-state index contributed by atoms with van der Waals surface area (Å²) in [5.74, 6) is 0.0341. The van der Waals surface area contributed by atoms with E-state index in [1.807, 2.05) is 6.92 Å². The summed E-state index contributed by atoms with van der Waals surface area (Å²) >= 11 is 6.09. The molecule has 0 aliphatic rings. The molecule has 0 saturated heterocycles. The summed E-state index contributed by atoms with van der Waals surface area (Å²) in [4.78, 5) is 11.7. The Hall–Kier alpha value is -2.05. The fraction of sp³-hybridized carbons (Fsp3) is 0.286. The van der Waals surface area contributed by atoms with Crippen LogP contribution in [0.4, 0.5) is 0 Å². The molecule has 1 amide bonds. The monoisotopic (exact) mass is 308 g/mol. The molecular formula is C14H17ClN4O2. The first-order chi connectivity index (χ1) is 9.97. The number of hydrogen-bond acceptors (Lipinski definition) is 4. The van der Waals surface area contributed by atoms with Crippen LogP contribution in [0.3, 0.4) is 0 Å². The summed E-state index contributed by atoms with van der Waals surface area (Å²) in [7, 11) is 1.71. The SMILES string of the molecule is CCOc1cc(Cl)cc(-c2nn(C)c(CN)c2C(N)=O)c1. The predicted octanol–water partition coefficient (Wildman–Crippen LogP) is 1.70. The van der Waals surface area contributed by atoms with Crippen molar-refractivity contribution in [2.75, 3.05) is 6.61 Å². The van der Waals surface area contributed by atoms with Crippen LogP contribution >= 0.6 is 11.6 Å². The van der Waals surface area contributed by atoms with Crippen molar-refractivity contribution in [1.29, 1.82) is 0 Å². The lowest BCUT2D eigenvalue weighted by atomic mass is 10.0. The van der Waals surface area contributed by atoms with E-state index in [0.717, 1.165) is 0 Å². The van der Waals surface area contributed by atoms with E-state index in [9.17, 15) is 4.79 Å². The maximum absolute atomic E-state index is 11.7. The van der Waals surface area contributed by atoms with Gasteiger partial charge < -0.3 is 16.2 Å². The molecule has 1 heterocycles. The smallest absolute Gasteiger partial charge is 0.252 e. The van der Waals surface area contributed by atoms with Crippen LogP contribution in [0.5, 0.6) is 5.75 Å². The van der Waals surface area contributed by atoms with Gasteiger partial charge in [-0.05, 0) is 25.1 Å². The minimum atomic E-state index is -0.573. The molecule has 0 aliphatic heterocycles. The predicted molar refractivity (Wildman–Crippen MR) is 81.2 cm³/mol. The summed E-state index contributed by atoms with van der Waals surface area (Å²) in [6.07, 6.45) is 0. The van der Waals surface area contributed by atoms with Crippen molar-refractivity contribution in [3.63, 3.8) is 0 Å². The number of aryl methyl sites for hydroxylation is 1. The van der Waals surface area contributed by atoms with Crippen molar-refractivity contribution >= 4 is 17.5 Å². The maximum Gasteiger partial charge on any atom is 0.252 e. The van der Waals surface area contributed by atoms with Gasteiger partial charge in [0.1, 0.15) is 11.4 Å². The number of aromatic nitrogens is 2. The molecule has 0 aliphatic carbocycles. The highest BCUT2D eigenvalue weighted by Gasteiger charge is 2.21. The third-order valence-corrected chi connectivity index (χ3v) is 3.28. The van der Waals surface area contributed by atoms with Crippen molar-refractivity contribution in [2.45, 2.75) is 13.5 Å². The Morgan fingerprint density at radius 1 is 1.43 bits per heavy atom. The second-order valence-corrected chi connectivity index (χ2v) is 4.91. The number of benzene rings is 1. The number of nitrogens with two attached hydrogens (primary N) is 2. The van der Waals surface area contributed by atoms with Crippen molar-refractivity contribution in [1.82, 2.24) is 9.78 Å². The zero-order valence-corrected chi connectivity index (χ0v) is 12.6. The van der Waals surface area contributed by atoms with Crippen LogP contribution in [0.1, 0.15) is 23.0 Å². The van der Waals surface area contributed by atoms with Crippen LogP contribution in [0, 0.1) is 0 Å². The first kappa shape index (κ1) is 15.3. The average molecular weight is 309 g/mol. The molecule has 0 radical (unpaired) electrons. The molecule has 4 N–H and O–H groups in total. The van der Waals surface area contributed by atoms with E-state index in [1.165, 1.54) is 0 Å². The molecule has 7 heteroatoms. The Bertz CT molecular complexity index is 682. The summed E-state index contributed by atoms with van der Waals surface area (Å²) in [6.45, 7) is 2.56. The van der Waals surface area contributed by atoms with Gasteiger partial charge in [0.25, 0.3) is 5.91 Å². The lowest BCUT2D eigenvalue weighted by Crippen LogP contribution is -2.16. The molecule has 2 aromatic rings. The molecule has 2 rings (SSSR count). The van der Waals surface area contributed by atoms with Crippen molar-refractivity contribution in [2.24, 2.45) is 18.5 Å². The first-order valence-electron chi connectivity index (χ1n) is 6.47. The molecule has 0 atom stereocenters. The number of nitrogens with zero attached hydrogens (tertiary/aromatic N) is 2. The average Bonchev–Trinajstić information content (AvgIpc) is 2.75. The van der Waals surface area contributed by atoms with Crippen LogP contribution in [-0.2, 0) is 13.6 Å². The number of hydrogen-bond donors (Lipinski definition) is 2. The summed E-state index contributed by atoms with van der Waals surface area (Å²) < 4.78 is 7.00. The van der Waals surface area contributed by atoms with Crippen molar-refractivity contribution < 1.29 is 9.53 Å². The molecular weight excluding hydrogens is 292 g/mol.